The molecule has 0 saturated heterocycles. The minimum absolute atomic E-state index is 0.0141. The number of benzene rings is 1. The van der Waals surface area contributed by atoms with Crippen LogP contribution in [0.1, 0.15) is 45.1 Å². The number of hydrogen-bond acceptors (Lipinski definition) is 5. The number of carbonyl (C=O) groups excluding carboxylic acids is 1. The number of halogens is 1. The van der Waals surface area contributed by atoms with Gasteiger partial charge in [-0.2, -0.15) is 5.26 Å². The molecule has 7 nitrogen and oxygen atoms in total. The third-order valence-corrected chi connectivity index (χ3v) is 5.58. The van der Waals surface area contributed by atoms with Crippen LogP contribution in [0.3, 0.4) is 0 Å². The fourth-order valence-electron chi connectivity index (χ4n) is 3.30. The molecule has 156 valence electrons. The molecular weight excluding hydrogens is 487 g/mol. The van der Waals surface area contributed by atoms with Crippen molar-refractivity contribution < 1.29 is 24.2 Å². The van der Waals surface area contributed by atoms with Gasteiger partial charge in [-0.25, -0.2) is 4.79 Å². The molecule has 29 heavy (non-hydrogen) atoms. The number of aliphatic carboxylic acids is 1. The van der Waals surface area contributed by atoms with Crippen molar-refractivity contribution in [2.75, 3.05) is 13.2 Å². The van der Waals surface area contributed by atoms with Crippen molar-refractivity contribution >= 4 is 40.5 Å². The molecule has 1 aliphatic carbocycles. The zero-order chi connectivity index (χ0) is 21.4. The quantitative estimate of drug-likeness (QED) is 0.312. The standard InChI is InChI=1S/C21H25IN2O5/c1-3-28-18-10-14(9-16(22)20(18)29-12-19(25)26)8-15(11-23)21(27)24-17-7-5-4-6-13(17)2/h8-10,13,17H,3-7,12H2,1-2H3,(H,24,27)(H,25,26)/b15-8+/t13-,17+/m1/s1. The largest absolute Gasteiger partial charge is 0.490 e. The number of nitriles is 1. The Morgan fingerprint density at radius 1 is 1.34 bits per heavy atom. The van der Waals surface area contributed by atoms with Gasteiger partial charge in [-0.05, 0) is 72.0 Å². The monoisotopic (exact) mass is 512 g/mol. The molecule has 0 unspecified atom stereocenters. The van der Waals surface area contributed by atoms with Gasteiger partial charge in [0.05, 0.1) is 10.2 Å². The SMILES string of the molecule is CCOc1cc(/C=C(\C#N)C(=O)N[C@H]2CCCC[C@H]2C)cc(I)c1OCC(=O)O. The van der Waals surface area contributed by atoms with Crippen molar-refractivity contribution in [3.8, 4) is 17.6 Å². The lowest BCUT2D eigenvalue weighted by atomic mass is 9.86. The Kier molecular flexibility index (Phi) is 8.76. The molecule has 2 N–H and O–H groups in total. The van der Waals surface area contributed by atoms with E-state index in [0.717, 1.165) is 19.3 Å². The summed E-state index contributed by atoms with van der Waals surface area (Å²) in [5, 5.41) is 21.3. The second kappa shape index (κ2) is 11.0. The molecule has 1 fully saturated rings. The average Bonchev–Trinajstić information content (AvgIpc) is 2.67. The van der Waals surface area contributed by atoms with E-state index in [1.807, 2.05) is 28.7 Å². The maximum atomic E-state index is 12.6. The van der Waals surface area contributed by atoms with E-state index in [9.17, 15) is 14.9 Å². The lowest BCUT2D eigenvalue weighted by molar-refractivity contribution is -0.139. The van der Waals surface area contributed by atoms with Gasteiger partial charge in [0.25, 0.3) is 5.91 Å². The molecule has 0 aromatic heterocycles. The Balaban J connectivity index is 2.26. The number of amides is 1. The summed E-state index contributed by atoms with van der Waals surface area (Å²) >= 11 is 2.01. The van der Waals surface area contributed by atoms with Gasteiger partial charge in [0.15, 0.2) is 18.1 Å². The number of nitrogens with zero attached hydrogens (tertiary/aromatic N) is 1. The molecule has 2 atom stereocenters. The summed E-state index contributed by atoms with van der Waals surface area (Å²) in [5.41, 5.74) is 0.615. The van der Waals surface area contributed by atoms with Crippen molar-refractivity contribution in [2.24, 2.45) is 5.92 Å². The lowest BCUT2D eigenvalue weighted by Gasteiger charge is -2.29. The number of hydrogen-bond donors (Lipinski definition) is 2. The second-order valence-corrected chi connectivity index (χ2v) is 8.12. The first-order chi connectivity index (χ1) is 13.8. The van der Waals surface area contributed by atoms with Crippen molar-refractivity contribution in [1.29, 1.82) is 5.26 Å². The first-order valence-corrected chi connectivity index (χ1v) is 10.7. The number of carboxylic acids is 1. The lowest BCUT2D eigenvalue weighted by Crippen LogP contribution is -2.41. The maximum absolute atomic E-state index is 12.6. The van der Waals surface area contributed by atoms with Crippen LogP contribution in [-0.2, 0) is 9.59 Å². The van der Waals surface area contributed by atoms with Crippen LogP contribution >= 0.6 is 22.6 Å². The summed E-state index contributed by atoms with van der Waals surface area (Å²) in [4.78, 5) is 23.4. The molecule has 0 heterocycles. The Morgan fingerprint density at radius 2 is 2.07 bits per heavy atom. The smallest absolute Gasteiger partial charge is 0.341 e. The van der Waals surface area contributed by atoms with Crippen LogP contribution in [-0.4, -0.2) is 36.2 Å². The van der Waals surface area contributed by atoms with Gasteiger partial charge in [-0.1, -0.05) is 19.8 Å². The summed E-state index contributed by atoms with van der Waals surface area (Å²) in [6.45, 7) is 3.79. The van der Waals surface area contributed by atoms with E-state index in [4.69, 9.17) is 14.6 Å². The zero-order valence-electron chi connectivity index (χ0n) is 16.5. The summed E-state index contributed by atoms with van der Waals surface area (Å²) in [5.74, 6) is -0.390. The Morgan fingerprint density at radius 3 is 2.69 bits per heavy atom. The molecule has 1 amide bonds. The molecule has 0 radical (unpaired) electrons. The van der Waals surface area contributed by atoms with E-state index < -0.39 is 12.6 Å². The first-order valence-electron chi connectivity index (χ1n) is 9.59. The highest BCUT2D eigenvalue weighted by Gasteiger charge is 2.24. The number of ether oxygens (including phenoxy) is 2. The highest BCUT2D eigenvalue weighted by molar-refractivity contribution is 14.1. The fourth-order valence-corrected chi connectivity index (χ4v) is 4.08. The van der Waals surface area contributed by atoms with E-state index in [0.29, 0.717) is 33.2 Å². The van der Waals surface area contributed by atoms with Crippen molar-refractivity contribution in [3.05, 3.63) is 26.8 Å². The molecule has 0 aliphatic heterocycles. The predicted molar refractivity (Wildman–Crippen MR) is 117 cm³/mol. The molecule has 0 bridgehead atoms. The number of rotatable bonds is 8. The van der Waals surface area contributed by atoms with Gasteiger partial charge in [0.1, 0.15) is 11.6 Å². The summed E-state index contributed by atoms with van der Waals surface area (Å²) in [7, 11) is 0. The highest BCUT2D eigenvalue weighted by atomic mass is 127. The van der Waals surface area contributed by atoms with Crippen LogP contribution in [0.5, 0.6) is 11.5 Å². The number of carboxylic acid groups (broad SMARTS) is 1. The average molecular weight is 512 g/mol. The van der Waals surface area contributed by atoms with Crippen LogP contribution in [0.25, 0.3) is 6.08 Å². The van der Waals surface area contributed by atoms with Crippen LogP contribution in [0.15, 0.2) is 17.7 Å². The summed E-state index contributed by atoms with van der Waals surface area (Å²) < 4.78 is 11.5. The van der Waals surface area contributed by atoms with Gasteiger partial charge in [0, 0.05) is 6.04 Å². The third-order valence-electron chi connectivity index (χ3n) is 4.78. The number of carbonyl (C=O) groups is 2. The van der Waals surface area contributed by atoms with Gasteiger partial charge in [0.2, 0.25) is 0 Å². The van der Waals surface area contributed by atoms with E-state index in [2.05, 4.69) is 12.2 Å². The predicted octanol–water partition coefficient (Wildman–Crippen LogP) is 3.76. The first kappa shape index (κ1) is 23.0. The summed E-state index contributed by atoms with van der Waals surface area (Å²) in [6, 6.07) is 5.41. The van der Waals surface area contributed by atoms with Gasteiger partial charge < -0.3 is 19.9 Å². The number of nitrogens with one attached hydrogen (secondary N) is 1. The van der Waals surface area contributed by atoms with Crippen LogP contribution in [0, 0.1) is 20.8 Å². The molecule has 0 spiro atoms. The van der Waals surface area contributed by atoms with Gasteiger partial charge in [-0.3, -0.25) is 4.79 Å². The Bertz CT molecular complexity index is 831. The topological polar surface area (TPSA) is 109 Å². The molecule has 8 heteroatoms. The Hall–Kier alpha value is -2.28. The molecular formula is C21H25IN2O5. The highest BCUT2D eigenvalue weighted by Crippen LogP contribution is 2.35. The maximum Gasteiger partial charge on any atom is 0.341 e. The zero-order valence-corrected chi connectivity index (χ0v) is 18.7. The van der Waals surface area contributed by atoms with E-state index in [1.54, 1.807) is 19.1 Å². The van der Waals surface area contributed by atoms with Gasteiger partial charge in [-0.15, -0.1) is 0 Å². The Labute approximate surface area is 184 Å². The van der Waals surface area contributed by atoms with E-state index in [-0.39, 0.29) is 17.5 Å². The minimum atomic E-state index is -1.09. The normalized spacial score (nSPS) is 19.2. The second-order valence-electron chi connectivity index (χ2n) is 6.96. The van der Waals surface area contributed by atoms with Crippen molar-refractivity contribution in [1.82, 2.24) is 5.32 Å². The van der Waals surface area contributed by atoms with Crippen LogP contribution < -0.4 is 14.8 Å². The molecule has 2 rings (SSSR count). The molecule has 1 saturated carbocycles. The van der Waals surface area contributed by atoms with E-state index in [1.165, 1.54) is 12.5 Å². The molecule has 1 aliphatic rings. The van der Waals surface area contributed by atoms with Gasteiger partial charge >= 0.3 is 5.97 Å². The van der Waals surface area contributed by atoms with Crippen LogP contribution in [0.2, 0.25) is 0 Å². The minimum Gasteiger partial charge on any atom is -0.490 e. The fraction of sp³-hybridized carbons (Fsp3) is 0.476. The molecule has 1 aromatic carbocycles. The van der Waals surface area contributed by atoms with Crippen molar-refractivity contribution in [3.63, 3.8) is 0 Å². The summed E-state index contributed by atoms with van der Waals surface area (Å²) in [6.07, 6.45) is 5.75. The van der Waals surface area contributed by atoms with Crippen molar-refractivity contribution in [2.45, 2.75) is 45.6 Å². The van der Waals surface area contributed by atoms with E-state index >= 15 is 0 Å². The molecule has 1 aromatic rings. The van der Waals surface area contributed by atoms with Crippen LogP contribution in [0.4, 0.5) is 0 Å². The third kappa shape index (κ3) is 6.63.